The summed E-state index contributed by atoms with van der Waals surface area (Å²) in [6, 6.07) is 0. The first-order valence-electron chi connectivity index (χ1n) is 2.82. The topological polar surface area (TPSA) is 92.2 Å². The second-order valence-corrected chi connectivity index (χ2v) is 3.04. The smallest absolute Gasteiger partial charge is 0.284 e. The van der Waals surface area contributed by atoms with E-state index in [0.717, 1.165) is 0 Å². The first kappa shape index (κ1) is 6.50. The second-order valence-electron chi connectivity index (χ2n) is 1.93. The first-order chi connectivity index (χ1) is 5.27. The molecule has 2 rings (SSSR count). The maximum atomic E-state index is 11.0. The molecule has 2 aliphatic rings. The van der Waals surface area contributed by atoms with Crippen molar-refractivity contribution in [2.75, 3.05) is 0 Å². The van der Waals surface area contributed by atoms with Gasteiger partial charge in [-0.1, -0.05) is 0 Å². The first-order valence-corrected chi connectivity index (χ1v) is 4.19. The van der Waals surface area contributed by atoms with E-state index in [1.165, 1.54) is 6.34 Å². The maximum absolute atomic E-state index is 11.0. The fourth-order valence-corrected chi connectivity index (χ4v) is 1.49. The van der Waals surface area contributed by atoms with E-state index in [1.54, 1.807) is 0 Å². The number of fused-ring (bicyclic) bond motifs is 1. The van der Waals surface area contributed by atoms with Gasteiger partial charge in [0.2, 0.25) is 0 Å². The normalized spacial score (nSPS) is 30.6. The van der Waals surface area contributed by atoms with Crippen LogP contribution in [0.25, 0.3) is 0 Å². The van der Waals surface area contributed by atoms with Crippen molar-refractivity contribution in [3.63, 3.8) is 0 Å². The summed E-state index contributed by atoms with van der Waals surface area (Å²) in [5.74, 6) is 0.0588. The van der Waals surface area contributed by atoms with E-state index in [0.29, 0.717) is 5.84 Å². The SMILES string of the molecule is N[SH]1N=C2N=CN=C2C(=O)N1. The summed E-state index contributed by atoms with van der Waals surface area (Å²) >= 11 is -1.27. The molecule has 58 valence electrons. The molecule has 0 aromatic carbocycles. The molecule has 3 N–H and O–H groups in total. The number of hydrogen-bond acceptors (Lipinski definition) is 5. The Morgan fingerprint density at radius 1 is 1.64 bits per heavy atom. The fourth-order valence-electron chi connectivity index (χ4n) is 0.778. The molecule has 0 aromatic heterocycles. The number of amidine groups is 1. The number of nitrogens with zero attached hydrogens (tertiary/aromatic N) is 3. The summed E-state index contributed by atoms with van der Waals surface area (Å²) in [6.45, 7) is 0. The van der Waals surface area contributed by atoms with Crippen LogP contribution >= 0.6 is 11.5 Å². The average molecular weight is 171 g/mol. The van der Waals surface area contributed by atoms with Crippen molar-refractivity contribution in [1.82, 2.24) is 4.72 Å². The molecule has 2 aliphatic heterocycles. The molecule has 0 spiro atoms. The van der Waals surface area contributed by atoms with Gasteiger partial charge in [0.05, 0.1) is 0 Å². The molecule has 7 heteroatoms. The lowest BCUT2D eigenvalue weighted by Crippen LogP contribution is -2.37. The Morgan fingerprint density at radius 3 is 3.27 bits per heavy atom. The maximum Gasteiger partial charge on any atom is 0.284 e. The lowest BCUT2D eigenvalue weighted by molar-refractivity contribution is -0.112. The van der Waals surface area contributed by atoms with Crippen molar-refractivity contribution in [2.24, 2.45) is 19.5 Å². The molecular weight excluding hydrogens is 166 g/mol. The third kappa shape index (κ3) is 0.938. The summed E-state index contributed by atoms with van der Waals surface area (Å²) in [5, 5.41) is 5.40. The number of carbonyl (C=O) groups excluding carboxylic acids is 1. The van der Waals surface area contributed by atoms with Crippen LogP contribution in [0, 0.1) is 0 Å². The third-order valence-corrected chi connectivity index (χ3v) is 2.05. The molecule has 1 atom stereocenters. The van der Waals surface area contributed by atoms with E-state index in [1.807, 2.05) is 0 Å². The van der Waals surface area contributed by atoms with Crippen LogP contribution in [0.2, 0.25) is 0 Å². The number of nitrogens with two attached hydrogens (primary N) is 1. The van der Waals surface area contributed by atoms with Crippen molar-refractivity contribution >= 4 is 35.2 Å². The van der Waals surface area contributed by atoms with Gasteiger partial charge in [-0.15, -0.1) is 0 Å². The van der Waals surface area contributed by atoms with Gasteiger partial charge in [-0.2, -0.15) is 4.40 Å². The number of amides is 1. The van der Waals surface area contributed by atoms with E-state index in [2.05, 4.69) is 19.1 Å². The number of thiol groups is 1. The molecule has 0 saturated carbocycles. The van der Waals surface area contributed by atoms with E-state index in [9.17, 15) is 4.79 Å². The highest BCUT2D eigenvalue weighted by atomic mass is 32.2. The highest BCUT2D eigenvalue weighted by Gasteiger charge is 2.25. The summed E-state index contributed by atoms with van der Waals surface area (Å²) in [5.41, 5.74) is 0.259. The predicted molar refractivity (Wildman–Crippen MR) is 44.7 cm³/mol. The predicted octanol–water partition coefficient (Wildman–Crippen LogP) is -1.30. The summed E-state index contributed by atoms with van der Waals surface area (Å²) in [7, 11) is 0. The molecule has 0 aromatic rings. The van der Waals surface area contributed by atoms with E-state index >= 15 is 0 Å². The van der Waals surface area contributed by atoms with Crippen molar-refractivity contribution < 1.29 is 4.79 Å². The Labute approximate surface area is 65.1 Å². The van der Waals surface area contributed by atoms with Crippen LogP contribution in [0.4, 0.5) is 0 Å². The average Bonchev–Trinajstić information content (AvgIpc) is 2.34. The van der Waals surface area contributed by atoms with Crippen molar-refractivity contribution in [1.29, 1.82) is 0 Å². The van der Waals surface area contributed by atoms with Gasteiger partial charge >= 0.3 is 0 Å². The zero-order chi connectivity index (χ0) is 7.84. The van der Waals surface area contributed by atoms with Gasteiger partial charge in [-0.3, -0.25) is 14.7 Å². The van der Waals surface area contributed by atoms with Crippen LogP contribution in [0.5, 0.6) is 0 Å². The van der Waals surface area contributed by atoms with Gasteiger partial charge in [-0.05, 0) is 11.5 Å². The summed E-state index contributed by atoms with van der Waals surface area (Å²) < 4.78 is 6.35. The highest BCUT2D eigenvalue weighted by Crippen LogP contribution is 2.17. The van der Waals surface area contributed by atoms with Gasteiger partial charge in [0.15, 0.2) is 11.5 Å². The van der Waals surface area contributed by atoms with E-state index < -0.39 is 11.5 Å². The molecular formula is C4H5N5OS. The molecule has 0 radical (unpaired) electrons. The Kier molecular flexibility index (Phi) is 1.26. The number of aliphatic imine (C=N–C) groups is 2. The quantitative estimate of drug-likeness (QED) is 0.395. The number of carbonyl (C=O) groups is 1. The number of nitrogens with one attached hydrogen (secondary N) is 1. The lowest BCUT2D eigenvalue weighted by Gasteiger charge is -2.17. The van der Waals surface area contributed by atoms with Gasteiger partial charge in [0.1, 0.15) is 6.34 Å². The fraction of sp³-hybridized carbons (Fsp3) is 0. The van der Waals surface area contributed by atoms with Crippen LogP contribution in [-0.2, 0) is 4.79 Å². The molecule has 1 amide bonds. The van der Waals surface area contributed by atoms with Crippen LogP contribution < -0.4 is 9.86 Å². The molecule has 0 bridgehead atoms. The standard InChI is InChI=1S/C4H5N5OS/c5-11-8-3-2(4(10)9-11)6-1-7-3/h1,11H,5H2,(H,9,10). The molecule has 2 heterocycles. The molecule has 0 fully saturated rings. The number of hydrogen-bond donors (Lipinski definition) is 3. The van der Waals surface area contributed by atoms with Crippen molar-refractivity contribution in [3.05, 3.63) is 0 Å². The molecule has 0 saturated heterocycles. The van der Waals surface area contributed by atoms with E-state index in [-0.39, 0.29) is 11.6 Å². The summed E-state index contributed by atoms with van der Waals surface area (Å²) in [6.07, 6.45) is 1.29. The zero-order valence-electron chi connectivity index (χ0n) is 5.35. The van der Waals surface area contributed by atoms with Gasteiger partial charge in [0, 0.05) is 0 Å². The van der Waals surface area contributed by atoms with Gasteiger partial charge < -0.3 is 0 Å². The Morgan fingerprint density at radius 2 is 2.45 bits per heavy atom. The molecule has 11 heavy (non-hydrogen) atoms. The number of rotatable bonds is 0. The minimum absolute atomic E-state index is 0.259. The molecule has 0 aliphatic carbocycles. The Bertz CT molecular complexity index is 306. The minimum Gasteiger partial charge on any atom is -0.286 e. The van der Waals surface area contributed by atoms with Crippen LogP contribution in [-0.4, -0.2) is 23.8 Å². The Balaban J connectivity index is 2.45. The van der Waals surface area contributed by atoms with Gasteiger partial charge in [-0.25, -0.2) is 9.98 Å². The lowest BCUT2D eigenvalue weighted by atomic mass is 10.3. The van der Waals surface area contributed by atoms with E-state index in [4.69, 9.17) is 5.14 Å². The van der Waals surface area contributed by atoms with Gasteiger partial charge in [0.25, 0.3) is 5.91 Å². The third-order valence-electron chi connectivity index (χ3n) is 1.21. The largest absolute Gasteiger partial charge is 0.286 e. The summed E-state index contributed by atoms with van der Waals surface area (Å²) in [4.78, 5) is 18.5. The van der Waals surface area contributed by atoms with Crippen LogP contribution in [0.3, 0.4) is 0 Å². The van der Waals surface area contributed by atoms with Crippen LogP contribution in [0.1, 0.15) is 0 Å². The molecule has 6 nitrogen and oxygen atoms in total. The minimum atomic E-state index is -1.27. The second kappa shape index (κ2) is 2.14. The van der Waals surface area contributed by atoms with Crippen molar-refractivity contribution in [2.45, 2.75) is 0 Å². The highest BCUT2D eigenvalue weighted by molar-refractivity contribution is 8.13. The van der Waals surface area contributed by atoms with Crippen LogP contribution in [0.15, 0.2) is 14.4 Å². The Hall–Kier alpha value is -1.21. The monoisotopic (exact) mass is 171 g/mol. The molecule has 1 unspecified atom stereocenters. The van der Waals surface area contributed by atoms with Crippen molar-refractivity contribution in [3.8, 4) is 0 Å². The zero-order valence-corrected chi connectivity index (χ0v) is 6.25.